The number of halogens is 3. The smallest absolute Gasteiger partial charge is 0.264 e. The minimum absolute atomic E-state index is 0.00615. The van der Waals surface area contributed by atoms with E-state index in [0.29, 0.717) is 10.6 Å². The number of anilines is 1. The standard InChI is InChI=1S/C32H30Cl3N3O4S/c1-22-8-15-27(16-9-22)43(41,42)38(26-14-17-28(34)29(35)19-26)21-31(39)37(20-24-10-12-25(33)13-11-24)30(32(40)36-2)18-23-6-4-3-5-7-23/h3-17,19,30H,18,20-21H2,1-2H3,(H,36,40)/t30-/m0/s1. The lowest BCUT2D eigenvalue weighted by Gasteiger charge is -2.33. The van der Waals surface area contributed by atoms with Crippen molar-refractivity contribution in [3.63, 3.8) is 0 Å². The summed E-state index contributed by atoms with van der Waals surface area (Å²) in [5, 5.41) is 3.53. The molecule has 0 fully saturated rings. The van der Waals surface area contributed by atoms with Gasteiger partial charge in [-0.15, -0.1) is 0 Å². The van der Waals surface area contributed by atoms with E-state index in [1.165, 1.54) is 42.3 Å². The molecule has 0 radical (unpaired) electrons. The van der Waals surface area contributed by atoms with E-state index >= 15 is 0 Å². The van der Waals surface area contributed by atoms with Gasteiger partial charge in [-0.3, -0.25) is 13.9 Å². The first-order valence-electron chi connectivity index (χ1n) is 13.3. The first-order chi connectivity index (χ1) is 20.5. The van der Waals surface area contributed by atoms with Gasteiger partial charge < -0.3 is 10.2 Å². The zero-order chi connectivity index (χ0) is 31.1. The van der Waals surface area contributed by atoms with Crippen molar-refractivity contribution in [2.45, 2.75) is 30.8 Å². The van der Waals surface area contributed by atoms with Gasteiger partial charge in [-0.1, -0.05) is 95.0 Å². The maximum absolute atomic E-state index is 14.3. The van der Waals surface area contributed by atoms with Crippen LogP contribution in [0.3, 0.4) is 0 Å². The molecule has 0 aliphatic carbocycles. The Morgan fingerprint density at radius 1 is 0.814 bits per heavy atom. The van der Waals surface area contributed by atoms with Crippen LogP contribution in [0.2, 0.25) is 15.1 Å². The second-order valence-corrected chi connectivity index (χ2v) is 13.0. The number of hydrogen-bond donors (Lipinski definition) is 1. The molecular weight excluding hydrogens is 629 g/mol. The molecule has 224 valence electrons. The number of amides is 2. The molecule has 1 N–H and O–H groups in total. The van der Waals surface area contributed by atoms with Gasteiger partial charge in [0.2, 0.25) is 11.8 Å². The fraction of sp³-hybridized carbons (Fsp3) is 0.188. The van der Waals surface area contributed by atoms with Gasteiger partial charge in [-0.2, -0.15) is 0 Å². The predicted molar refractivity (Wildman–Crippen MR) is 172 cm³/mol. The third-order valence-electron chi connectivity index (χ3n) is 6.86. The van der Waals surface area contributed by atoms with E-state index in [0.717, 1.165) is 15.4 Å². The van der Waals surface area contributed by atoms with Crippen molar-refractivity contribution in [2.75, 3.05) is 17.9 Å². The summed E-state index contributed by atoms with van der Waals surface area (Å²) in [7, 11) is -2.76. The van der Waals surface area contributed by atoms with E-state index in [1.807, 2.05) is 37.3 Å². The van der Waals surface area contributed by atoms with Gasteiger partial charge in [0.05, 0.1) is 20.6 Å². The molecule has 4 aromatic carbocycles. The minimum Gasteiger partial charge on any atom is -0.357 e. The number of aryl methyl sites for hydroxylation is 1. The Morgan fingerprint density at radius 2 is 1.47 bits per heavy atom. The van der Waals surface area contributed by atoms with Crippen LogP contribution in [0.5, 0.6) is 0 Å². The lowest BCUT2D eigenvalue weighted by Crippen LogP contribution is -2.53. The van der Waals surface area contributed by atoms with Crippen LogP contribution in [0.15, 0.2) is 102 Å². The van der Waals surface area contributed by atoms with Gasteiger partial charge in [-0.25, -0.2) is 8.42 Å². The Labute approximate surface area is 267 Å². The number of likely N-dealkylation sites (N-methyl/N-ethyl adjacent to an activating group) is 1. The molecule has 0 saturated heterocycles. The van der Waals surface area contributed by atoms with Crippen molar-refractivity contribution in [3.05, 3.63) is 129 Å². The Hall–Kier alpha value is -3.56. The van der Waals surface area contributed by atoms with Crippen molar-refractivity contribution in [1.29, 1.82) is 0 Å². The maximum atomic E-state index is 14.3. The molecule has 4 rings (SSSR count). The Bertz CT molecular complexity index is 1680. The summed E-state index contributed by atoms with van der Waals surface area (Å²) in [5.41, 5.74) is 2.56. The van der Waals surface area contributed by atoms with Crippen LogP contribution in [0.4, 0.5) is 5.69 Å². The molecule has 43 heavy (non-hydrogen) atoms. The van der Waals surface area contributed by atoms with E-state index in [9.17, 15) is 18.0 Å². The van der Waals surface area contributed by atoms with E-state index < -0.39 is 34.4 Å². The number of rotatable bonds is 11. The summed E-state index contributed by atoms with van der Waals surface area (Å²) in [6, 6.07) is 25.9. The van der Waals surface area contributed by atoms with Gasteiger partial charge in [-0.05, 0) is 60.5 Å². The highest BCUT2D eigenvalue weighted by Crippen LogP contribution is 2.31. The van der Waals surface area contributed by atoms with E-state index in [1.54, 1.807) is 36.4 Å². The fourth-order valence-corrected chi connectivity index (χ4v) is 6.34. The van der Waals surface area contributed by atoms with E-state index in [4.69, 9.17) is 34.8 Å². The first-order valence-corrected chi connectivity index (χ1v) is 15.9. The highest BCUT2D eigenvalue weighted by atomic mass is 35.5. The molecule has 0 bridgehead atoms. The van der Waals surface area contributed by atoms with Crippen LogP contribution >= 0.6 is 34.8 Å². The molecule has 2 amide bonds. The second-order valence-electron chi connectivity index (χ2n) is 9.89. The molecule has 4 aromatic rings. The SMILES string of the molecule is CNC(=O)[C@H](Cc1ccccc1)N(Cc1ccc(Cl)cc1)C(=O)CN(c1ccc(Cl)c(Cl)c1)S(=O)(=O)c1ccc(C)cc1. The average Bonchev–Trinajstić information content (AvgIpc) is 3.00. The van der Waals surface area contributed by atoms with Crippen molar-refractivity contribution >= 4 is 62.3 Å². The number of hydrogen-bond acceptors (Lipinski definition) is 4. The molecule has 0 unspecified atom stereocenters. The Kier molecular flexibility index (Phi) is 10.7. The van der Waals surface area contributed by atoms with Crippen molar-refractivity contribution < 1.29 is 18.0 Å². The van der Waals surface area contributed by atoms with E-state index in [-0.39, 0.29) is 33.6 Å². The second kappa shape index (κ2) is 14.3. The fourth-order valence-electron chi connectivity index (χ4n) is 4.51. The highest BCUT2D eigenvalue weighted by molar-refractivity contribution is 7.92. The molecule has 0 heterocycles. The van der Waals surface area contributed by atoms with Gasteiger partial charge in [0, 0.05) is 25.0 Å². The van der Waals surface area contributed by atoms with E-state index in [2.05, 4.69) is 5.32 Å². The molecule has 0 spiro atoms. The van der Waals surface area contributed by atoms with Crippen LogP contribution in [0.25, 0.3) is 0 Å². The topological polar surface area (TPSA) is 86.8 Å². The van der Waals surface area contributed by atoms with Gasteiger partial charge in [0.15, 0.2) is 0 Å². The molecule has 0 aliphatic rings. The van der Waals surface area contributed by atoms with Crippen LogP contribution in [0.1, 0.15) is 16.7 Å². The lowest BCUT2D eigenvalue weighted by atomic mass is 10.0. The molecule has 0 saturated carbocycles. The average molecular weight is 659 g/mol. The minimum atomic E-state index is -4.25. The summed E-state index contributed by atoms with van der Waals surface area (Å²) in [5.74, 6) is -0.991. The Morgan fingerprint density at radius 3 is 2.07 bits per heavy atom. The summed E-state index contributed by atoms with van der Waals surface area (Å²) in [6.07, 6.45) is 0.206. The quantitative estimate of drug-likeness (QED) is 0.198. The summed E-state index contributed by atoms with van der Waals surface area (Å²) >= 11 is 18.5. The van der Waals surface area contributed by atoms with Crippen molar-refractivity contribution in [2.24, 2.45) is 0 Å². The first kappa shape index (κ1) is 32.4. The normalized spacial score (nSPS) is 11.9. The summed E-state index contributed by atoms with van der Waals surface area (Å²) in [6.45, 7) is 1.27. The van der Waals surface area contributed by atoms with Crippen LogP contribution < -0.4 is 9.62 Å². The number of carbonyl (C=O) groups is 2. The Balaban J connectivity index is 1.80. The van der Waals surface area contributed by atoms with Gasteiger partial charge in [0.25, 0.3) is 10.0 Å². The van der Waals surface area contributed by atoms with Gasteiger partial charge in [0.1, 0.15) is 12.6 Å². The molecule has 0 aliphatic heterocycles. The zero-order valence-electron chi connectivity index (χ0n) is 23.5. The summed E-state index contributed by atoms with van der Waals surface area (Å²) in [4.78, 5) is 29.0. The van der Waals surface area contributed by atoms with Gasteiger partial charge >= 0.3 is 0 Å². The van der Waals surface area contributed by atoms with Crippen LogP contribution in [0, 0.1) is 6.92 Å². The number of sulfonamides is 1. The number of nitrogens with zero attached hydrogens (tertiary/aromatic N) is 2. The summed E-state index contributed by atoms with van der Waals surface area (Å²) < 4.78 is 29.0. The molecule has 11 heteroatoms. The number of benzene rings is 4. The molecular formula is C32H30Cl3N3O4S. The third kappa shape index (κ3) is 8.09. The number of nitrogens with one attached hydrogen (secondary N) is 1. The highest BCUT2D eigenvalue weighted by Gasteiger charge is 2.34. The largest absolute Gasteiger partial charge is 0.357 e. The maximum Gasteiger partial charge on any atom is 0.264 e. The number of carbonyl (C=O) groups excluding carboxylic acids is 2. The molecule has 0 aromatic heterocycles. The van der Waals surface area contributed by atoms with Crippen molar-refractivity contribution in [1.82, 2.24) is 10.2 Å². The van der Waals surface area contributed by atoms with Crippen molar-refractivity contribution in [3.8, 4) is 0 Å². The van der Waals surface area contributed by atoms with Crippen LogP contribution in [-0.2, 0) is 32.6 Å². The predicted octanol–water partition coefficient (Wildman–Crippen LogP) is 6.54. The monoisotopic (exact) mass is 657 g/mol. The lowest BCUT2D eigenvalue weighted by molar-refractivity contribution is -0.139. The zero-order valence-corrected chi connectivity index (χ0v) is 26.6. The van der Waals surface area contributed by atoms with Crippen LogP contribution in [-0.4, -0.2) is 44.8 Å². The third-order valence-corrected chi connectivity index (χ3v) is 9.64. The molecule has 1 atom stereocenters. The molecule has 7 nitrogen and oxygen atoms in total.